The first-order chi connectivity index (χ1) is 9.43. The van der Waals surface area contributed by atoms with Gasteiger partial charge in [0.05, 0.1) is 10.5 Å². The molecule has 1 aromatic carbocycles. The second kappa shape index (κ2) is 7.37. The topological polar surface area (TPSA) is 89.5 Å². The number of likely N-dealkylation sites (tertiary alicyclic amines) is 1. The Bertz CT molecular complexity index is 555. The van der Waals surface area contributed by atoms with Crippen LogP contribution in [0.1, 0.15) is 23.7 Å². The van der Waals surface area contributed by atoms with E-state index in [1.54, 1.807) is 4.90 Å². The number of carbonyl (C=O) groups excluding carboxylic acids is 1. The van der Waals surface area contributed by atoms with Crippen molar-refractivity contribution in [3.8, 4) is 0 Å². The first-order valence-electron chi connectivity index (χ1n) is 6.39. The van der Waals surface area contributed by atoms with Gasteiger partial charge in [0.25, 0.3) is 11.6 Å². The van der Waals surface area contributed by atoms with Gasteiger partial charge < -0.3 is 10.6 Å². The number of benzene rings is 1. The Hall–Kier alpha value is -0.930. The molecule has 1 aliphatic heterocycles. The van der Waals surface area contributed by atoms with Crippen molar-refractivity contribution in [2.45, 2.75) is 19.4 Å². The average Bonchev–Trinajstić information content (AvgIpc) is 2.79. The molecular formula is C13H17ClIN3O3. The third-order valence-electron chi connectivity index (χ3n) is 3.65. The van der Waals surface area contributed by atoms with Gasteiger partial charge >= 0.3 is 0 Å². The van der Waals surface area contributed by atoms with E-state index >= 15 is 0 Å². The molecule has 0 saturated carbocycles. The van der Waals surface area contributed by atoms with E-state index in [-0.39, 0.29) is 30.0 Å². The molecule has 1 aliphatic rings. The molecule has 21 heavy (non-hydrogen) atoms. The number of nitrogens with zero attached hydrogens (tertiary/aromatic N) is 2. The zero-order chi connectivity index (χ0) is 14.9. The minimum atomic E-state index is -0.459. The summed E-state index contributed by atoms with van der Waals surface area (Å²) in [5.41, 5.74) is 6.18. The van der Waals surface area contributed by atoms with Crippen LogP contribution in [0.4, 0.5) is 5.69 Å². The van der Waals surface area contributed by atoms with E-state index in [1.807, 2.05) is 29.5 Å². The molecule has 0 spiro atoms. The Kier molecular flexibility index (Phi) is 6.36. The number of hydrogen-bond donors (Lipinski definition) is 1. The Morgan fingerprint density at radius 2 is 2.24 bits per heavy atom. The Morgan fingerprint density at radius 1 is 1.57 bits per heavy atom. The molecule has 6 nitrogen and oxygen atoms in total. The van der Waals surface area contributed by atoms with E-state index in [4.69, 9.17) is 5.73 Å². The summed E-state index contributed by atoms with van der Waals surface area (Å²) in [7, 11) is 0. The molecule has 2 unspecified atom stereocenters. The van der Waals surface area contributed by atoms with Gasteiger partial charge in [-0.3, -0.25) is 14.9 Å². The van der Waals surface area contributed by atoms with Gasteiger partial charge in [0.15, 0.2) is 0 Å². The predicted molar refractivity (Wildman–Crippen MR) is 90.7 cm³/mol. The second-order valence-electron chi connectivity index (χ2n) is 5.07. The van der Waals surface area contributed by atoms with Crippen LogP contribution in [-0.2, 0) is 0 Å². The summed E-state index contributed by atoms with van der Waals surface area (Å²) in [5, 5.41) is 10.7. The third-order valence-corrected chi connectivity index (χ3v) is 4.54. The Balaban J connectivity index is 0.00000220. The van der Waals surface area contributed by atoms with E-state index < -0.39 is 4.92 Å². The van der Waals surface area contributed by atoms with Crippen molar-refractivity contribution >= 4 is 46.6 Å². The van der Waals surface area contributed by atoms with Gasteiger partial charge in [-0.15, -0.1) is 12.4 Å². The predicted octanol–water partition coefficient (Wildman–Crippen LogP) is 2.43. The van der Waals surface area contributed by atoms with Crippen LogP contribution in [0.3, 0.4) is 0 Å². The third kappa shape index (κ3) is 3.83. The lowest BCUT2D eigenvalue weighted by Crippen LogP contribution is -2.34. The van der Waals surface area contributed by atoms with Crippen LogP contribution in [0.25, 0.3) is 0 Å². The van der Waals surface area contributed by atoms with Crippen molar-refractivity contribution in [3.63, 3.8) is 0 Å². The van der Waals surface area contributed by atoms with Gasteiger partial charge in [-0.25, -0.2) is 0 Å². The van der Waals surface area contributed by atoms with Crippen LogP contribution in [0.2, 0.25) is 0 Å². The van der Waals surface area contributed by atoms with Gasteiger partial charge in [-0.05, 0) is 54.5 Å². The second-order valence-corrected chi connectivity index (χ2v) is 6.23. The van der Waals surface area contributed by atoms with E-state index in [9.17, 15) is 14.9 Å². The Labute approximate surface area is 142 Å². The normalized spacial score (nSPS) is 21.0. The van der Waals surface area contributed by atoms with Gasteiger partial charge in [0.1, 0.15) is 0 Å². The fourth-order valence-corrected chi connectivity index (χ4v) is 3.27. The van der Waals surface area contributed by atoms with E-state index in [0.717, 1.165) is 6.42 Å². The summed E-state index contributed by atoms with van der Waals surface area (Å²) in [6.07, 6.45) is 0.909. The maximum Gasteiger partial charge on any atom is 0.270 e. The fraction of sp³-hybridized carbons (Fsp3) is 0.462. The highest BCUT2D eigenvalue weighted by Crippen LogP contribution is 2.27. The van der Waals surface area contributed by atoms with Gasteiger partial charge in [-0.2, -0.15) is 0 Å². The molecule has 1 amide bonds. The fourth-order valence-electron chi connectivity index (χ4n) is 2.54. The number of nitrogens with two attached hydrogens (primary N) is 1. The zero-order valence-electron chi connectivity index (χ0n) is 11.5. The number of carbonyl (C=O) groups is 1. The molecule has 0 aliphatic carbocycles. The highest BCUT2D eigenvalue weighted by Gasteiger charge is 2.33. The molecule has 116 valence electrons. The van der Waals surface area contributed by atoms with Crippen molar-refractivity contribution in [1.82, 2.24) is 4.90 Å². The van der Waals surface area contributed by atoms with Crippen LogP contribution in [-0.4, -0.2) is 34.9 Å². The van der Waals surface area contributed by atoms with Crippen molar-refractivity contribution in [2.75, 3.05) is 13.1 Å². The molecule has 1 fully saturated rings. The molecule has 1 aromatic rings. The summed E-state index contributed by atoms with van der Waals surface area (Å²) < 4.78 is 0.602. The molecule has 2 N–H and O–H groups in total. The molecule has 0 bridgehead atoms. The van der Waals surface area contributed by atoms with Crippen LogP contribution in [0, 0.1) is 19.6 Å². The quantitative estimate of drug-likeness (QED) is 0.457. The SMILES string of the molecule is CC1CC(CN)CN1C(=O)c1ccc([N+](=O)[O-])cc1I.Cl. The molecule has 8 heteroatoms. The summed E-state index contributed by atoms with van der Waals surface area (Å²) >= 11 is 1.97. The minimum absolute atomic E-state index is 0. The molecule has 1 saturated heterocycles. The average molecular weight is 426 g/mol. The number of amides is 1. The van der Waals surface area contributed by atoms with Gasteiger partial charge in [0.2, 0.25) is 0 Å². The maximum absolute atomic E-state index is 12.5. The summed E-state index contributed by atoms with van der Waals surface area (Å²) in [5.74, 6) is 0.261. The zero-order valence-corrected chi connectivity index (χ0v) is 14.5. The van der Waals surface area contributed by atoms with E-state index in [2.05, 4.69) is 0 Å². The van der Waals surface area contributed by atoms with E-state index in [1.165, 1.54) is 18.2 Å². The molecule has 1 heterocycles. The monoisotopic (exact) mass is 425 g/mol. The van der Waals surface area contributed by atoms with Crippen molar-refractivity contribution in [3.05, 3.63) is 37.4 Å². The number of hydrogen-bond acceptors (Lipinski definition) is 4. The number of rotatable bonds is 3. The highest BCUT2D eigenvalue weighted by molar-refractivity contribution is 14.1. The summed E-state index contributed by atoms with van der Waals surface area (Å²) in [6.45, 7) is 3.24. The van der Waals surface area contributed by atoms with Crippen LogP contribution >= 0.6 is 35.0 Å². The maximum atomic E-state index is 12.5. The minimum Gasteiger partial charge on any atom is -0.336 e. The number of nitro benzene ring substituents is 1. The smallest absolute Gasteiger partial charge is 0.270 e. The number of nitro groups is 1. The lowest BCUT2D eigenvalue weighted by atomic mass is 10.1. The van der Waals surface area contributed by atoms with E-state index in [0.29, 0.717) is 28.1 Å². The largest absolute Gasteiger partial charge is 0.336 e. The number of halogens is 2. The van der Waals surface area contributed by atoms with Gasteiger partial charge in [0, 0.05) is 28.3 Å². The van der Waals surface area contributed by atoms with Crippen molar-refractivity contribution < 1.29 is 9.72 Å². The Morgan fingerprint density at radius 3 is 2.71 bits per heavy atom. The lowest BCUT2D eigenvalue weighted by Gasteiger charge is -2.22. The first-order valence-corrected chi connectivity index (χ1v) is 7.47. The molecule has 0 radical (unpaired) electrons. The standard InChI is InChI=1S/C13H16IN3O3.ClH/c1-8-4-9(6-15)7-16(8)13(18)11-3-2-10(17(19)20)5-12(11)14;/h2-3,5,8-9H,4,6-7,15H2,1H3;1H. The van der Waals surface area contributed by atoms with Crippen molar-refractivity contribution in [1.29, 1.82) is 0 Å². The van der Waals surface area contributed by atoms with Crippen LogP contribution < -0.4 is 5.73 Å². The first kappa shape index (κ1) is 18.1. The summed E-state index contributed by atoms with van der Waals surface area (Å²) in [4.78, 5) is 24.6. The van der Waals surface area contributed by atoms with Gasteiger partial charge in [-0.1, -0.05) is 0 Å². The molecule has 0 aromatic heterocycles. The molecule has 2 rings (SSSR count). The molecular weight excluding hydrogens is 409 g/mol. The lowest BCUT2D eigenvalue weighted by molar-refractivity contribution is -0.384. The van der Waals surface area contributed by atoms with Crippen LogP contribution in [0.15, 0.2) is 18.2 Å². The summed E-state index contributed by atoms with van der Waals surface area (Å²) in [6, 6.07) is 4.48. The van der Waals surface area contributed by atoms with Crippen molar-refractivity contribution in [2.24, 2.45) is 11.7 Å². The molecule has 2 atom stereocenters. The number of non-ortho nitro benzene ring substituents is 1. The van der Waals surface area contributed by atoms with Crippen LogP contribution in [0.5, 0.6) is 0 Å². The highest BCUT2D eigenvalue weighted by atomic mass is 127.